The molecule has 94 valence electrons. The molecule has 0 bridgehead atoms. The van der Waals surface area contributed by atoms with E-state index >= 15 is 0 Å². The van der Waals surface area contributed by atoms with Gasteiger partial charge in [-0.1, -0.05) is 5.16 Å². The van der Waals surface area contributed by atoms with Gasteiger partial charge < -0.3 is 10.3 Å². The van der Waals surface area contributed by atoms with Crippen LogP contribution in [0.25, 0.3) is 11.5 Å². The first-order valence-corrected chi connectivity index (χ1v) is 5.39. The molecular formula is C11H12N4O3. The summed E-state index contributed by atoms with van der Waals surface area (Å²) in [6.45, 7) is 2.20. The number of nitro groups is 1. The maximum absolute atomic E-state index is 10.8. The lowest BCUT2D eigenvalue weighted by Gasteiger charge is -1.98. The zero-order valence-corrected chi connectivity index (χ0v) is 9.79. The number of nitrogens with two attached hydrogens (primary N) is 1. The normalized spacial score (nSPS) is 10.6. The molecule has 0 unspecified atom stereocenters. The van der Waals surface area contributed by atoms with Gasteiger partial charge in [0.25, 0.3) is 11.6 Å². The molecule has 2 N–H and O–H groups in total. The van der Waals surface area contributed by atoms with Crippen LogP contribution in [-0.2, 0) is 6.42 Å². The standard InChI is InChI=1S/C11H12N4O3/c1-7-4-8(6-9(5-7)15(16)17)11-13-10(2-3-12)14-18-11/h4-6H,2-3,12H2,1H3. The molecular weight excluding hydrogens is 236 g/mol. The second-order valence-electron chi connectivity index (χ2n) is 3.87. The van der Waals surface area contributed by atoms with Crippen molar-refractivity contribution >= 4 is 5.69 Å². The fourth-order valence-electron chi connectivity index (χ4n) is 1.59. The van der Waals surface area contributed by atoms with Crippen molar-refractivity contribution in [3.8, 4) is 11.5 Å². The van der Waals surface area contributed by atoms with Gasteiger partial charge in [-0.25, -0.2) is 0 Å². The predicted octanol–water partition coefficient (Wildman–Crippen LogP) is 1.45. The smallest absolute Gasteiger partial charge is 0.270 e. The van der Waals surface area contributed by atoms with Gasteiger partial charge in [0, 0.05) is 24.1 Å². The van der Waals surface area contributed by atoms with E-state index in [1.165, 1.54) is 12.1 Å². The molecule has 0 radical (unpaired) electrons. The average Bonchev–Trinajstić information content (AvgIpc) is 2.77. The Morgan fingerprint density at radius 1 is 1.44 bits per heavy atom. The number of non-ortho nitro benzene ring substituents is 1. The van der Waals surface area contributed by atoms with Gasteiger partial charge in [0.15, 0.2) is 5.82 Å². The van der Waals surface area contributed by atoms with Gasteiger partial charge in [-0.15, -0.1) is 0 Å². The number of benzene rings is 1. The van der Waals surface area contributed by atoms with Gasteiger partial charge in [0.1, 0.15) is 0 Å². The number of nitrogens with zero attached hydrogens (tertiary/aromatic N) is 3. The van der Waals surface area contributed by atoms with E-state index in [9.17, 15) is 10.1 Å². The highest BCUT2D eigenvalue weighted by Crippen LogP contribution is 2.24. The van der Waals surface area contributed by atoms with Crippen LogP contribution in [0.15, 0.2) is 22.7 Å². The summed E-state index contributed by atoms with van der Waals surface area (Å²) in [5.41, 5.74) is 6.69. The van der Waals surface area contributed by atoms with Crippen LogP contribution in [0, 0.1) is 17.0 Å². The van der Waals surface area contributed by atoms with Gasteiger partial charge >= 0.3 is 0 Å². The van der Waals surface area contributed by atoms with E-state index in [0.717, 1.165) is 5.56 Å². The van der Waals surface area contributed by atoms with E-state index in [1.54, 1.807) is 13.0 Å². The molecule has 7 heteroatoms. The van der Waals surface area contributed by atoms with Crippen molar-refractivity contribution in [2.45, 2.75) is 13.3 Å². The van der Waals surface area contributed by atoms with E-state index in [1.807, 2.05) is 0 Å². The first-order chi connectivity index (χ1) is 8.60. The maximum Gasteiger partial charge on any atom is 0.270 e. The molecule has 0 aliphatic rings. The van der Waals surface area contributed by atoms with Crippen molar-refractivity contribution in [3.63, 3.8) is 0 Å². The van der Waals surface area contributed by atoms with Crippen molar-refractivity contribution in [2.24, 2.45) is 5.73 Å². The van der Waals surface area contributed by atoms with Crippen LogP contribution < -0.4 is 5.73 Å². The fourth-order valence-corrected chi connectivity index (χ4v) is 1.59. The Labute approximate surface area is 103 Å². The molecule has 0 saturated carbocycles. The zero-order valence-electron chi connectivity index (χ0n) is 9.79. The summed E-state index contributed by atoms with van der Waals surface area (Å²) in [5.74, 6) is 0.766. The summed E-state index contributed by atoms with van der Waals surface area (Å²) in [6, 6.07) is 4.65. The molecule has 0 saturated heterocycles. The topological polar surface area (TPSA) is 108 Å². The van der Waals surface area contributed by atoms with Crippen molar-refractivity contribution in [1.82, 2.24) is 10.1 Å². The number of hydrogen-bond donors (Lipinski definition) is 1. The lowest BCUT2D eigenvalue weighted by Crippen LogP contribution is -2.03. The minimum Gasteiger partial charge on any atom is -0.334 e. The minimum atomic E-state index is -0.451. The maximum atomic E-state index is 10.8. The Morgan fingerprint density at radius 3 is 2.89 bits per heavy atom. The number of nitro benzene ring substituents is 1. The number of aryl methyl sites for hydroxylation is 1. The predicted molar refractivity (Wildman–Crippen MR) is 63.9 cm³/mol. The van der Waals surface area contributed by atoms with E-state index in [2.05, 4.69) is 10.1 Å². The Balaban J connectivity index is 2.39. The number of aromatic nitrogens is 2. The SMILES string of the molecule is Cc1cc(-c2nc(CCN)no2)cc([N+](=O)[O-])c1. The molecule has 0 aliphatic heterocycles. The fraction of sp³-hybridized carbons (Fsp3) is 0.273. The van der Waals surface area contributed by atoms with Crippen molar-refractivity contribution < 1.29 is 9.45 Å². The Kier molecular flexibility index (Phi) is 3.33. The monoisotopic (exact) mass is 248 g/mol. The molecule has 1 aromatic carbocycles. The van der Waals surface area contributed by atoms with Crippen molar-refractivity contribution in [3.05, 3.63) is 39.7 Å². The lowest BCUT2D eigenvalue weighted by atomic mass is 10.1. The molecule has 0 amide bonds. The first kappa shape index (κ1) is 12.2. The molecule has 0 spiro atoms. The third-order valence-corrected chi connectivity index (χ3v) is 2.36. The molecule has 0 fully saturated rings. The van der Waals surface area contributed by atoms with Crippen LogP contribution in [0.4, 0.5) is 5.69 Å². The molecule has 2 rings (SSSR count). The third-order valence-electron chi connectivity index (χ3n) is 2.36. The summed E-state index contributed by atoms with van der Waals surface area (Å²) in [5, 5.41) is 14.5. The molecule has 1 aromatic heterocycles. The Bertz CT molecular complexity index is 579. The summed E-state index contributed by atoms with van der Waals surface area (Å²) in [4.78, 5) is 14.4. The quantitative estimate of drug-likeness (QED) is 0.648. The number of hydrogen-bond acceptors (Lipinski definition) is 6. The van der Waals surface area contributed by atoms with Crippen LogP contribution in [0.3, 0.4) is 0 Å². The second-order valence-corrected chi connectivity index (χ2v) is 3.87. The highest BCUT2D eigenvalue weighted by Gasteiger charge is 2.14. The van der Waals surface area contributed by atoms with Crippen LogP contribution in [-0.4, -0.2) is 21.6 Å². The molecule has 0 aliphatic carbocycles. The van der Waals surface area contributed by atoms with E-state index in [-0.39, 0.29) is 11.6 Å². The van der Waals surface area contributed by atoms with E-state index in [0.29, 0.717) is 24.4 Å². The molecule has 7 nitrogen and oxygen atoms in total. The van der Waals surface area contributed by atoms with Crippen LogP contribution >= 0.6 is 0 Å². The minimum absolute atomic E-state index is 0.00331. The van der Waals surface area contributed by atoms with Gasteiger partial charge in [-0.2, -0.15) is 4.98 Å². The summed E-state index contributed by atoms with van der Waals surface area (Å²) < 4.78 is 5.05. The van der Waals surface area contributed by atoms with Crippen molar-refractivity contribution in [1.29, 1.82) is 0 Å². The van der Waals surface area contributed by atoms with Crippen molar-refractivity contribution in [2.75, 3.05) is 6.54 Å². The van der Waals surface area contributed by atoms with E-state index in [4.69, 9.17) is 10.3 Å². The van der Waals surface area contributed by atoms with Gasteiger partial charge in [-0.3, -0.25) is 10.1 Å². The summed E-state index contributed by atoms with van der Waals surface area (Å²) >= 11 is 0. The van der Waals surface area contributed by atoms with Gasteiger partial charge in [-0.05, 0) is 25.1 Å². The first-order valence-electron chi connectivity index (χ1n) is 5.39. The highest BCUT2D eigenvalue weighted by molar-refractivity contribution is 5.59. The number of rotatable bonds is 4. The van der Waals surface area contributed by atoms with Crippen LogP contribution in [0.2, 0.25) is 0 Å². The van der Waals surface area contributed by atoms with Crippen LogP contribution in [0.1, 0.15) is 11.4 Å². The largest absolute Gasteiger partial charge is 0.334 e. The molecule has 2 aromatic rings. The summed E-state index contributed by atoms with van der Waals surface area (Å²) in [6.07, 6.45) is 0.511. The third kappa shape index (κ3) is 2.51. The Hall–Kier alpha value is -2.28. The lowest BCUT2D eigenvalue weighted by molar-refractivity contribution is -0.384. The summed E-state index contributed by atoms with van der Waals surface area (Å²) in [7, 11) is 0. The van der Waals surface area contributed by atoms with E-state index < -0.39 is 4.92 Å². The molecule has 1 heterocycles. The average molecular weight is 248 g/mol. The van der Waals surface area contributed by atoms with Gasteiger partial charge in [0.05, 0.1) is 4.92 Å². The Morgan fingerprint density at radius 2 is 2.22 bits per heavy atom. The zero-order chi connectivity index (χ0) is 13.1. The van der Waals surface area contributed by atoms with Gasteiger partial charge in [0.2, 0.25) is 0 Å². The van der Waals surface area contributed by atoms with Crippen LogP contribution in [0.5, 0.6) is 0 Å². The second kappa shape index (κ2) is 4.92. The molecule has 0 atom stereocenters. The highest BCUT2D eigenvalue weighted by atomic mass is 16.6. The molecule has 18 heavy (non-hydrogen) atoms.